The minimum Gasteiger partial charge on any atom is -0.265 e. The molecule has 2 aromatic heterocycles. The Morgan fingerprint density at radius 3 is 2.11 bits per heavy atom. The van der Waals surface area contributed by atoms with Crippen LogP contribution in [0, 0.1) is 10.1 Å². The number of benzene rings is 3. The van der Waals surface area contributed by atoms with Crippen LogP contribution in [0.4, 0.5) is 11.4 Å². The van der Waals surface area contributed by atoms with Crippen molar-refractivity contribution >= 4 is 66.9 Å². The van der Waals surface area contributed by atoms with Gasteiger partial charge in [-0.1, -0.05) is 6.07 Å². The number of nitro benzene ring substituents is 1. The van der Waals surface area contributed by atoms with Crippen molar-refractivity contribution in [2.24, 2.45) is 0 Å². The number of fused-ring (bicyclic) bond motifs is 3. The third-order valence-electron chi connectivity index (χ3n) is 5.09. The zero-order chi connectivity index (χ0) is 24.8. The number of pyridine rings is 2. The first-order valence-electron chi connectivity index (χ1n) is 10.4. The van der Waals surface area contributed by atoms with Crippen molar-refractivity contribution in [3.05, 3.63) is 114 Å². The smallest absolute Gasteiger partial charge is 0.0267 e. The molecule has 0 saturated carbocycles. The van der Waals surface area contributed by atoms with Crippen molar-refractivity contribution in [1.29, 1.82) is 0 Å². The molecule has 5 aromatic rings. The summed E-state index contributed by atoms with van der Waals surface area (Å²) in [5.74, 6) is 0. The van der Waals surface area contributed by atoms with E-state index in [0.29, 0.717) is 5.69 Å². The predicted octanol–water partition coefficient (Wildman–Crippen LogP) is 5.24. The molecule has 0 fully saturated rings. The van der Waals surface area contributed by atoms with Crippen molar-refractivity contribution in [3.63, 3.8) is 0 Å². The van der Waals surface area contributed by atoms with Gasteiger partial charge in [-0.3, -0.25) is 4.98 Å². The molecule has 0 saturated heterocycles. The maximum absolute atomic E-state index is 13.4. The molecule has 0 spiro atoms. The summed E-state index contributed by atoms with van der Waals surface area (Å²) in [5, 5.41) is 13.5. The first-order valence-corrected chi connectivity index (χ1v) is 16.4. The van der Waals surface area contributed by atoms with Crippen LogP contribution in [-0.2, 0) is 10.0 Å². The van der Waals surface area contributed by atoms with Gasteiger partial charge in [0.25, 0.3) is 0 Å². The van der Waals surface area contributed by atoms with E-state index in [4.69, 9.17) is 0 Å². The van der Waals surface area contributed by atoms with Gasteiger partial charge in [-0.05, 0) is 12.1 Å². The van der Waals surface area contributed by atoms with Crippen LogP contribution < -0.4 is 2.20 Å². The van der Waals surface area contributed by atoms with Gasteiger partial charge in [0.1, 0.15) is 0 Å². The summed E-state index contributed by atoms with van der Waals surface area (Å²) in [4.78, 5) is 18.7. The van der Waals surface area contributed by atoms with Gasteiger partial charge >= 0.3 is 180 Å². The maximum atomic E-state index is 13.4. The minimum atomic E-state index is -3.85. The summed E-state index contributed by atoms with van der Waals surface area (Å²) in [7, 11) is -3.85. The molecule has 0 aliphatic heterocycles. The standard InChI is InChI=1S/C19H12N3O4S.C5H5N.CH3.Po/c23-22(24)15-8-10-16(11-9-15)27(25,26)21-17-5-1-3-13-6-7-14-4-2-12-20-19(14)18(13)17;1-2-4-6-5-3-1;;/h1-12H;1-5H;1H3;/q-1;;;+1. The largest absolute Gasteiger partial charge is 0.265 e. The van der Waals surface area contributed by atoms with Crippen LogP contribution in [0.5, 0.6) is 0 Å². The maximum Gasteiger partial charge on any atom is 0.0267 e. The quantitative estimate of drug-likeness (QED) is 0.143. The number of non-ortho nitro benzene ring substituents is 1. The normalized spacial score (nSPS) is 11.0. The van der Waals surface area contributed by atoms with Gasteiger partial charge in [-0.15, -0.1) is 0 Å². The molecule has 0 aliphatic rings. The summed E-state index contributed by atoms with van der Waals surface area (Å²) in [5.41, 5.74) is 1.20. The van der Waals surface area contributed by atoms with Crippen molar-refractivity contribution in [3.8, 4) is 0 Å². The number of sulfonamides is 1. The van der Waals surface area contributed by atoms with Crippen LogP contribution in [0.15, 0.2) is 108 Å². The molecule has 0 aliphatic carbocycles. The molecule has 2 heterocycles. The summed E-state index contributed by atoms with van der Waals surface area (Å²) in [6.45, 7) is 0. The topological polar surface area (TPSA) is 106 Å². The molecule has 0 N–H and O–H groups in total. The predicted molar refractivity (Wildman–Crippen MR) is 138 cm³/mol. The van der Waals surface area contributed by atoms with Crippen LogP contribution >= 0.6 is 0 Å². The second-order valence-electron chi connectivity index (χ2n) is 7.21. The van der Waals surface area contributed by atoms with Gasteiger partial charge in [0, 0.05) is 12.4 Å². The van der Waals surface area contributed by atoms with Gasteiger partial charge in [-0.2, -0.15) is 0 Å². The second kappa shape index (κ2) is 10.8. The third-order valence-corrected chi connectivity index (χ3v) is 12.2. The van der Waals surface area contributed by atoms with Gasteiger partial charge in [0.15, 0.2) is 0 Å². The second-order valence-corrected chi connectivity index (χ2v) is 12.8. The van der Waals surface area contributed by atoms with Gasteiger partial charge < -0.3 is 0 Å². The van der Waals surface area contributed by atoms with Crippen LogP contribution in [0.1, 0.15) is 0 Å². The minimum absolute atomic E-state index is 0.0372. The summed E-state index contributed by atoms with van der Waals surface area (Å²) < 4.78 is 30.2. The van der Waals surface area contributed by atoms with E-state index in [1.165, 1.54) is 26.5 Å². The average molecular weight is 682 g/mol. The molecule has 10 heteroatoms. The Morgan fingerprint density at radius 2 is 1.51 bits per heavy atom. The van der Waals surface area contributed by atoms with Crippen molar-refractivity contribution in [1.82, 2.24) is 9.97 Å². The summed E-state index contributed by atoms with van der Waals surface area (Å²) in [6, 6.07) is 24.0. The Bertz CT molecular complexity index is 1550. The van der Waals surface area contributed by atoms with Gasteiger partial charge in [0.05, 0.1) is 0 Å². The summed E-state index contributed by atoms with van der Waals surface area (Å²) in [6.07, 6.45) is 5.19. The number of aromatic nitrogens is 2. The molecule has 0 unspecified atom stereocenters. The average Bonchev–Trinajstić information content (AvgIpc) is 2.90. The Labute approximate surface area is 214 Å². The molecule has 0 radical (unpaired) electrons. The number of nitro groups is 1. The molecular formula is C25H20N4O4PoS. The molecule has 0 atom stereocenters. The molecule has 0 amide bonds. The van der Waals surface area contributed by atoms with Crippen LogP contribution in [0.25, 0.3) is 21.7 Å². The first kappa shape index (κ1) is 24.6. The Hall–Kier alpha value is -3.47. The molecule has 176 valence electrons. The van der Waals surface area contributed by atoms with E-state index in [1.54, 1.807) is 24.7 Å². The number of hydrogen-bond acceptors (Lipinski definition) is 6. The van der Waals surface area contributed by atoms with Crippen LogP contribution in [0.3, 0.4) is 0 Å². The molecule has 3 aromatic carbocycles. The number of hydrogen-bond donors (Lipinski definition) is 0. The van der Waals surface area contributed by atoms with E-state index in [-0.39, 0.29) is 10.6 Å². The van der Waals surface area contributed by atoms with Crippen molar-refractivity contribution in [2.75, 3.05) is 2.20 Å². The Morgan fingerprint density at radius 1 is 0.829 bits per heavy atom. The Kier molecular flexibility index (Phi) is 7.64. The molecule has 35 heavy (non-hydrogen) atoms. The molecule has 8 nitrogen and oxygen atoms in total. The Balaban J connectivity index is 0.000000421. The van der Waals surface area contributed by atoms with E-state index in [0.717, 1.165) is 21.7 Å². The van der Waals surface area contributed by atoms with E-state index < -0.39 is 38.8 Å². The number of nitrogens with zero attached hydrogens (tertiary/aromatic N) is 4. The fraction of sp³-hybridized carbons (Fsp3) is 0.0400. The molecule has 0 bridgehead atoms. The zero-order valence-electron chi connectivity index (χ0n) is 18.6. The van der Waals surface area contributed by atoms with Crippen molar-refractivity contribution in [2.45, 2.75) is 9.48 Å². The van der Waals surface area contributed by atoms with E-state index in [1.807, 2.05) is 59.2 Å². The summed E-state index contributed by atoms with van der Waals surface area (Å²) >= 11 is -1.50. The number of anilines is 1. The fourth-order valence-electron chi connectivity index (χ4n) is 3.52. The van der Waals surface area contributed by atoms with E-state index in [2.05, 4.69) is 9.97 Å². The SMILES string of the molecule is [CH3][Po][N](c1cccc2ccc3cccnc3c12)S(=O)(=O)c1ccc([N+](=O)[O-])cc1.c1ccncc1. The molecular weight excluding hydrogens is 661 g/mol. The number of rotatable bonds is 5. The van der Waals surface area contributed by atoms with Crippen LogP contribution in [-0.4, -0.2) is 47.2 Å². The molecule has 5 rings (SSSR count). The monoisotopic (exact) mass is 681 g/mol. The van der Waals surface area contributed by atoms with Crippen molar-refractivity contribution < 1.29 is 13.3 Å². The van der Waals surface area contributed by atoms with Gasteiger partial charge in [0.2, 0.25) is 0 Å². The van der Waals surface area contributed by atoms with Gasteiger partial charge in [-0.25, -0.2) is 0 Å². The van der Waals surface area contributed by atoms with E-state index >= 15 is 0 Å². The van der Waals surface area contributed by atoms with E-state index in [9.17, 15) is 18.5 Å². The fourth-order valence-corrected chi connectivity index (χ4v) is 9.45. The third kappa shape index (κ3) is 5.29. The first-order chi connectivity index (χ1) is 16.9. The zero-order valence-corrected chi connectivity index (χ0v) is 22.5. The van der Waals surface area contributed by atoms with Crippen LogP contribution in [0.2, 0.25) is 4.58 Å².